The molecule has 0 aliphatic heterocycles. The Morgan fingerprint density at radius 2 is 2.12 bits per heavy atom. The molecule has 16 heavy (non-hydrogen) atoms. The molecular weight excluding hydrogens is 198 g/mol. The van der Waals surface area contributed by atoms with Gasteiger partial charge in [0.05, 0.1) is 7.11 Å². The van der Waals surface area contributed by atoms with Crippen LogP contribution in [0.5, 0.6) is 5.75 Å². The average Bonchev–Trinajstić information content (AvgIpc) is 2.97. The van der Waals surface area contributed by atoms with Crippen molar-refractivity contribution in [3.05, 3.63) is 29.3 Å². The molecule has 2 rings (SSSR count). The monoisotopic (exact) mass is 219 g/mol. The van der Waals surface area contributed by atoms with E-state index in [1.807, 2.05) is 0 Å². The van der Waals surface area contributed by atoms with E-state index in [0.717, 1.165) is 25.0 Å². The number of hydrogen-bond donors (Lipinski definition) is 1. The highest BCUT2D eigenvalue weighted by Gasteiger charge is 2.36. The average molecular weight is 219 g/mol. The van der Waals surface area contributed by atoms with Gasteiger partial charge in [0.15, 0.2) is 0 Å². The van der Waals surface area contributed by atoms with E-state index >= 15 is 0 Å². The van der Waals surface area contributed by atoms with Crippen molar-refractivity contribution in [2.45, 2.75) is 44.6 Å². The Labute approximate surface area is 97.8 Å². The van der Waals surface area contributed by atoms with Crippen LogP contribution in [0, 0.1) is 6.92 Å². The molecule has 1 aromatic rings. The van der Waals surface area contributed by atoms with Crippen LogP contribution in [0.2, 0.25) is 0 Å². The second kappa shape index (κ2) is 4.46. The van der Waals surface area contributed by atoms with Crippen molar-refractivity contribution in [2.24, 2.45) is 5.73 Å². The predicted molar refractivity (Wildman–Crippen MR) is 66.8 cm³/mol. The normalized spacial score (nSPS) is 17.2. The highest BCUT2D eigenvalue weighted by molar-refractivity contribution is 5.36. The minimum atomic E-state index is 0.178. The van der Waals surface area contributed by atoms with E-state index in [9.17, 15) is 0 Å². The van der Waals surface area contributed by atoms with E-state index in [4.69, 9.17) is 10.5 Å². The van der Waals surface area contributed by atoms with E-state index in [1.54, 1.807) is 7.11 Å². The van der Waals surface area contributed by atoms with Gasteiger partial charge in [-0.3, -0.25) is 0 Å². The molecule has 0 bridgehead atoms. The van der Waals surface area contributed by atoms with Crippen LogP contribution in [0.1, 0.15) is 36.8 Å². The molecule has 1 aromatic carbocycles. The molecule has 0 spiro atoms. The zero-order valence-electron chi connectivity index (χ0n) is 10.3. The summed E-state index contributed by atoms with van der Waals surface area (Å²) < 4.78 is 5.37. The molecule has 0 saturated heterocycles. The summed E-state index contributed by atoms with van der Waals surface area (Å²) in [5.41, 5.74) is 8.87. The Balaban J connectivity index is 1.94. The van der Waals surface area contributed by atoms with E-state index in [1.165, 1.54) is 24.0 Å². The number of benzene rings is 1. The van der Waals surface area contributed by atoms with Gasteiger partial charge in [0.25, 0.3) is 0 Å². The molecule has 0 heterocycles. The third-order valence-electron chi connectivity index (χ3n) is 3.45. The van der Waals surface area contributed by atoms with Gasteiger partial charge in [-0.1, -0.05) is 17.7 Å². The molecule has 1 aliphatic rings. The SMILES string of the molecule is COc1ccc(C)cc1CCCC1(N)CC1. The number of aryl methyl sites for hydroxylation is 2. The van der Waals surface area contributed by atoms with Crippen molar-refractivity contribution in [3.63, 3.8) is 0 Å². The molecule has 0 radical (unpaired) electrons. The lowest BCUT2D eigenvalue weighted by atomic mass is 10.0. The second-order valence-corrected chi connectivity index (χ2v) is 5.03. The Morgan fingerprint density at radius 1 is 1.38 bits per heavy atom. The van der Waals surface area contributed by atoms with Crippen molar-refractivity contribution < 1.29 is 4.74 Å². The predicted octanol–water partition coefficient (Wildman–Crippen LogP) is 2.82. The van der Waals surface area contributed by atoms with Crippen LogP contribution < -0.4 is 10.5 Å². The Bertz CT molecular complexity index is 369. The maximum Gasteiger partial charge on any atom is 0.122 e. The zero-order chi connectivity index (χ0) is 11.6. The fraction of sp³-hybridized carbons (Fsp3) is 0.571. The Morgan fingerprint density at radius 3 is 2.75 bits per heavy atom. The van der Waals surface area contributed by atoms with Gasteiger partial charge in [-0.2, -0.15) is 0 Å². The summed E-state index contributed by atoms with van der Waals surface area (Å²) in [6.07, 6.45) is 5.79. The summed E-state index contributed by atoms with van der Waals surface area (Å²) >= 11 is 0. The first-order valence-electron chi connectivity index (χ1n) is 6.05. The summed E-state index contributed by atoms with van der Waals surface area (Å²) in [6.45, 7) is 2.12. The molecule has 2 N–H and O–H groups in total. The van der Waals surface area contributed by atoms with Crippen molar-refractivity contribution in [1.82, 2.24) is 0 Å². The first-order valence-corrected chi connectivity index (χ1v) is 6.05. The zero-order valence-corrected chi connectivity index (χ0v) is 10.3. The number of rotatable bonds is 5. The van der Waals surface area contributed by atoms with Gasteiger partial charge >= 0.3 is 0 Å². The summed E-state index contributed by atoms with van der Waals surface area (Å²) in [7, 11) is 1.74. The summed E-state index contributed by atoms with van der Waals surface area (Å²) in [5, 5.41) is 0. The van der Waals surface area contributed by atoms with Gasteiger partial charge in [0, 0.05) is 5.54 Å². The van der Waals surface area contributed by atoms with Gasteiger partial charge in [-0.05, 0) is 50.7 Å². The van der Waals surface area contributed by atoms with E-state index < -0.39 is 0 Å². The molecular formula is C14H21NO. The quantitative estimate of drug-likeness (QED) is 0.826. The van der Waals surface area contributed by atoms with Crippen LogP contribution in [0.4, 0.5) is 0 Å². The summed E-state index contributed by atoms with van der Waals surface area (Å²) in [6, 6.07) is 6.36. The lowest BCUT2D eigenvalue weighted by Gasteiger charge is -2.11. The topological polar surface area (TPSA) is 35.2 Å². The third kappa shape index (κ3) is 2.76. The molecule has 2 heteroatoms. The van der Waals surface area contributed by atoms with Crippen molar-refractivity contribution in [1.29, 1.82) is 0 Å². The van der Waals surface area contributed by atoms with Gasteiger partial charge < -0.3 is 10.5 Å². The first kappa shape index (κ1) is 11.5. The third-order valence-corrected chi connectivity index (χ3v) is 3.45. The van der Waals surface area contributed by atoms with Crippen LogP contribution in [-0.2, 0) is 6.42 Å². The van der Waals surface area contributed by atoms with E-state index in [2.05, 4.69) is 25.1 Å². The molecule has 0 amide bonds. The molecule has 0 atom stereocenters. The van der Waals surface area contributed by atoms with Gasteiger partial charge in [-0.25, -0.2) is 0 Å². The van der Waals surface area contributed by atoms with Crippen LogP contribution in [0.25, 0.3) is 0 Å². The second-order valence-electron chi connectivity index (χ2n) is 5.03. The lowest BCUT2D eigenvalue weighted by Crippen LogP contribution is -2.21. The molecule has 88 valence electrons. The van der Waals surface area contributed by atoms with E-state index in [-0.39, 0.29) is 5.54 Å². The Kier molecular flexibility index (Phi) is 3.20. The Hall–Kier alpha value is -1.02. The number of methoxy groups -OCH3 is 1. The lowest BCUT2D eigenvalue weighted by molar-refractivity contribution is 0.408. The van der Waals surface area contributed by atoms with E-state index in [0.29, 0.717) is 0 Å². The molecule has 1 saturated carbocycles. The highest BCUT2D eigenvalue weighted by atomic mass is 16.5. The van der Waals surface area contributed by atoms with Crippen LogP contribution >= 0.6 is 0 Å². The largest absolute Gasteiger partial charge is 0.496 e. The molecule has 1 aliphatic carbocycles. The minimum absolute atomic E-state index is 0.178. The number of hydrogen-bond acceptors (Lipinski definition) is 2. The van der Waals surface area contributed by atoms with Crippen LogP contribution in [0.3, 0.4) is 0 Å². The summed E-state index contributed by atoms with van der Waals surface area (Å²) in [5.74, 6) is 1.01. The summed E-state index contributed by atoms with van der Waals surface area (Å²) in [4.78, 5) is 0. The van der Waals surface area contributed by atoms with Crippen LogP contribution in [-0.4, -0.2) is 12.6 Å². The maximum atomic E-state index is 6.08. The van der Waals surface area contributed by atoms with Crippen molar-refractivity contribution in [2.75, 3.05) is 7.11 Å². The highest BCUT2D eigenvalue weighted by Crippen LogP contribution is 2.37. The first-order chi connectivity index (χ1) is 7.63. The smallest absolute Gasteiger partial charge is 0.122 e. The number of ether oxygens (including phenoxy) is 1. The molecule has 0 unspecified atom stereocenters. The van der Waals surface area contributed by atoms with Gasteiger partial charge in [-0.15, -0.1) is 0 Å². The molecule has 1 fully saturated rings. The fourth-order valence-corrected chi connectivity index (χ4v) is 2.14. The van der Waals surface area contributed by atoms with Crippen LogP contribution in [0.15, 0.2) is 18.2 Å². The number of nitrogens with two attached hydrogens (primary N) is 1. The van der Waals surface area contributed by atoms with Gasteiger partial charge in [0.2, 0.25) is 0 Å². The maximum absolute atomic E-state index is 6.08. The van der Waals surface area contributed by atoms with Gasteiger partial charge in [0.1, 0.15) is 5.75 Å². The van der Waals surface area contributed by atoms with Crippen molar-refractivity contribution in [3.8, 4) is 5.75 Å². The standard InChI is InChI=1S/C14H21NO/c1-11-5-6-13(16-2)12(10-11)4-3-7-14(15)8-9-14/h5-6,10H,3-4,7-9,15H2,1-2H3. The van der Waals surface area contributed by atoms with Crippen molar-refractivity contribution >= 4 is 0 Å². The molecule has 0 aromatic heterocycles. The molecule has 2 nitrogen and oxygen atoms in total. The minimum Gasteiger partial charge on any atom is -0.496 e. The fourth-order valence-electron chi connectivity index (χ4n) is 2.14.